The maximum absolute atomic E-state index is 13.1. The van der Waals surface area contributed by atoms with Crippen molar-refractivity contribution in [1.82, 2.24) is 15.1 Å². The Hall–Kier alpha value is -3.07. The summed E-state index contributed by atoms with van der Waals surface area (Å²) < 4.78 is 19.3. The van der Waals surface area contributed by atoms with E-state index in [1.165, 1.54) is 30.3 Å². The van der Waals surface area contributed by atoms with E-state index in [0.29, 0.717) is 13.0 Å². The molecule has 142 valence electrons. The van der Waals surface area contributed by atoms with Crippen molar-refractivity contribution in [3.63, 3.8) is 0 Å². The Labute approximate surface area is 153 Å². The number of carbonyl (C=O) groups is 2. The van der Waals surface area contributed by atoms with Crippen LogP contribution in [0.2, 0.25) is 0 Å². The van der Waals surface area contributed by atoms with Gasteiger partial charge in [0.25, 0.3) is 11.5 Å². The number of nitrogens with zero attached hydrogens (tertiary/aromatic N) is 2. The average molecular weight is 375 g/mol. The molecule has 0 bridgehead atoms. The number of aliphatic carboxylic acids is 1. The van der Waals surface area contributed by atoms with Crippen LogP contribution in [0.1, 0.15) is 23.3 Å². The van der Waals surface area contributed by atoms with Crippen molar-refractivity contribution >= 4 is 11.9 Å². The van der Waals surface area contributed by atoms with Gasteiger partial charge in [0, 0.05) is 18.6 Å². The monoisotopic (exact) mass is 375 g/mol. The second-order valence-corrected chi connectivity index (χ2v) is 6.21. The highest BCUT2D eigenvalue weighted by Gasteiger charge is 2.32. The van der Waals surface area contributed by atoms with Crippen LogP contribution in [0.5, 0.6) is 0 Å². The van der Waals surface area contributed by atoms with Crippen molar-refractivity contribution in [2.24, 2.45) is 5.92 Å². The Kier molecular flexibility index (Phi) is 5.60. The third-order valence-corrected chi connectivity index (χ3v) is 4.32. The molecule has 1 aromatic carbocycles. The highest BCUT2D eigenvalue weighted by atomic mass is 19.1. The Morgan fingerprint density at radius 3 is 2.63 bits per heavy atom. The number of carbonyl (C=O) groups excluding carboxylic acids is 1. The fourth-order valence-corrected chi connectivity index (χ4v) is 2.92. The molecule has 1 saturated heterocycles. The zero-order chi connectivity index (χ0) is 19.4. The number of carboxylic acid groups (broad SMARTS) is 1. The minimum absolute atomic E-state index is 0.123. The molecule has 1 fully saturated rings. The predicted octanol–water partition coefficient (Wildman–Crippen LogP) is 0.981. The van der Waals surface area contributed by atoms with E-state index in [2.05, 4.69) is 10.4 Å². The fraction of sp³-hybridized carbons (Fsp3) is 0.333. The van der Waals surface area contributed by atoms with Gasteiger partial charge in [0.1, 0.15) is 17.6 Å². The van der Waals surface area contributed by atoms with Gasteiger partial charge in [-0.2, -0.15) is 9.78 Å². The van der Waals surface area contributed by atoms with E-state index in [4.69, 9.17) is 4.74 Å². The molecule has 0 aliphatic carbocycles. The number of hydrogen-bond donors (Lipinski definition) is 2. The van der Waals surface area contributed by atoms with E-state index in [9.17, 15) is 23.9 Å². The van der Waals surface area contributed by atoms with Crippen molar-refractivity contribution in [1.29, 1.82) is 0 Å². The molecule has 0 saturated carbocycles. The number of hydrogen-bond acceptors (Lipinski definition) is 5. The van der Waals surface area contributed by atoms with Crippen LogP contribution in [0.15, 0.2) is 41.2 Å². The quantitative estimate of drug-likeness (QED) is 0.806. The number of halogens is 1. The summed E-state index contributed by atoms with van der Waals surface area (Å²) >= 11 is 0. The first-order valence-corrected chi connectivity index (χ1v) is 8.43. The summed E-state index contributed by atoms with van der Waals surface area (Å²) in [5, 5.41) is 15.9. The van der Waals surface area contributed by atoms with E-state index >= 15 is 0 Å². The van der Waals surface area contributed by atoms with Crippen LogP contribution in [0.3, 0.4) is 0 Å². The van der Waals surface area contributed by atoms with Gasteiger partial charge in [-0.15, -0.1) is 0 Å². The molecule has 2 atom stereocenters. The van der Waals surface area contributed by atoms with Gasteiger partial charge in [-0.1, -0.05) is 0 Å². The lowest BCUT2D eigenvalue weighted by atomic mass is 9.93. The number of rotatable bonds is 5. The minimum atomic E-state index is -1.16. The molecule has 0 spiro atoms. The lowest BCUT2D eigenvalue weighted by Crippen LogP contribution is -2.48. The van der Waals surface area contributed by atoms with Crippen LogP contribution in [-0.2, 0) is 9.53 Å². The number of benzene rings is 1. The summed E-state index contributed by atoms with van der Waals surface area (Å²) in [5.74, 6) is -2.70. The number of aromatic nitrogens is 2. The van der Waals surface area contributed by atoms with Gasteiger partial charge in [0.15, 0.2) is 0 Å². The van der Waals surface area contributed by atoms with E-state index in [1.54, 1.807) is 0 Å². The summed E-state index contributed by atoms with van der Waals surface area (Å²) in [5.41, 5.74) is -0.345. The molecule has 2 unspecified atom stereocenters. The van der Waals surface area contributed by atoms with E-state index in [-0.39, 0.29) is 23.9 Å². The molecule has 1 aliphatic heterocycles. The van der Waals surface area contributed by atoms with Crippen LogP contribution in [0, 0.1) is 11.7 Å². The number of nitrogens with one attached hydrogen (secondary N) is 1. The Balaban J connectivity index is 1.83. The van der Waals surface area contributed by atoms with Gasteiger partial charge in [0.2, 0.25) is 0 Å². The first kappa shape index (κ1) is 18.7. The largest absolute Gasteiger partial charge is 0.480 e. The summed E-state index contributed by atoms with van der Waals surface area (Å²) in [7, 11) is 0. The molecule has 2 aromatic rings. The highest BCUT2D eigenvalue weighted by molar-refractivity contribution is 5.94. The standard InChI is InChI=1S/C18H18FN3O5/c19-12-3-5-13(6-4-12)22-15(23)8-7-14(21-22)17(24)20-16(18(25)26)11-2-1-9-27-10-11/h3-8,11,16H,1-2,9-10H2,(H,20,24)(H,25,26). The Morgan fingerprint density at radius 2 is 2.00 bits per heavy atom. The molecule has 27 heavy (non-hydrogen) atoms. The predicted molar refractivity (Wildman–Crippen MR) is 92.2 cm³/mol. The van der Waals surface area contributed by atoms with E-state index < -0.39 is 29.3 Å². The van der Waals surface area contributed by atoms with Gasteiger partial charge in [-0.05, 0) is 43.2 Å². The van der Waals surface area contributed by atoms with Gasteiger partial charge in [-0.3, -0.25) is 9.59 Å². The second-order valence-electron chi connectivity index (χ2n) is 6.21. The summed E-state index contributed by atoms with van der Waals surface area (Å²) in [6, 6.07) is 6.28. The summed E-state index contributed by atoms with van der Waals surface area (Å²) in [4.78, 5) is 36.1. The first-order chi connectivity index (χ1) is 13.0. The zero-order valence-corrected chi connectivity index (χ0v) is 14.3. The molecule has 1 aromatic heterocycles. The topological polar surface area (TPSA) is 111 Å². The van der Waals surface area contributed by atoms with Crippen molar-refractivity contribution in [3.05, 3.63) is 58.3 Å². The van der Waals surface area contributed by atoms with Crippen molar-refractivity contribution in [2.75, 3.05) is 13.2 Å². The molecule has 0 radical (unpaired) electrons. The van der Waals surface area contributed by atoms with Crippen LogP contribution < -0.4 is 10.9 Å². The molecule has 9 heteroatoms. The Bertz CT molecular complexity index is 891. The molecule has 2 N–H and O–H groups in total. The molecule has 8 nitrogen and oxygen atoms in total. The first-order valence-electron chi connectivity index (χ1n) is 8.43. The number of amides is 1. The zero-order valence-electron chi connectivity index (χ0n) is 14.3. The molecular formula is C18H18FN3O5. The SMILES string of the molecule is O=C(NC(C(=O)O)C1CCCOC1)c1ccc(=O)n(-c2ccc(F)cc2)n1. The summed E-state index contributed by atoms with van der Waals surface area (Å²) in [6.07, 6.45) is 1.35. The number of ether oxygens (including phenoxy) is 1. The molecule has 2 heterocycles. The summed E-state index contributed by atoms with van der Waals surface area (Å²) in [6.45, 7) is 0.820. The van der Waals surface area contributed by atoms with Crippen LogP contribution in [-0.4, -0.2) is 46.0 Å². The maximum atomic E-state index is 13.1. The third kappa shape index (κ3) is 4.37. The van der Waals surface area contributed by atoms with Gasteiger partial charge in [0.05, 0.1) is 12.3 Å². The average Bonchev–Trinajstić information content (AvgIpc) is 2.67. The van der Waals surface area contributed by atoms with Gasteiger partial charge >= 0.3 is 5.97 Å². The molecule has 1 aliphatic rings. The minimum Gasteiger partial charge on any atom is -0.480 e. The normalized spacial score (nSPS) is 17.9. The van der Waals surface area contributed by atoms with Crippen molar-refractivity contribution < 1.29 is 23.8 Å². The third-order valence-electron chi connectivity index (χ3n) is 4.32. The second kappa shape index (κ2) is 8.09. The van der Waals surface area contributed by atoms with Crippen molar-refractivity contribution in [2.45, 2.75) is 18.9 Å². The molecular weight excluding hydrogens is 357 g/mol. The van der Waals surface area contributed by atoms with Gasteiger partial charge < -0.3 is 15.2 Å². The van der Waals surface area contributed by atoms with Gasteiger partial charge in [-0.25, -0.2) is 9.18 Å². The lowest BCUT2D eigenvalue weighted by molar-refractivity contribution is -0.142. The van der Waals surface area contributed by atoms with Crippen LogP contribution >= 0.6 is 0 Å². The smallest absolute Gasteiger partial charge is 0.326 e. The number of carboxylic acids is 1. The van der Waals surface area contributed by atoms with Crippen molar-refractivity contribution in [3.8, 4) is 5.69 Å². The van der Waals surface area contributed by atoms with Crippen LogP contribution in [0.25, 0.3) is 5.69 Å². The fourth-order valence-electron chi connectivity index (χ4n) is 2.92. The lowest BCUT2D eigenvalue weighted by Gasteiger charge is -2.27. The van der Waals surface area contributed by atoms with E-state index in [1.807, 2.05) is 0 Å². The molecule has 3 rings (SSSR count). The van der Waals surface area contributed by atoms with Crippen LogP contribution in [0.4, 0.5) is 4.39 Å². The maximum Gasteiger partial charge on any atom is 0.326 e. The highest BCUT2D eigenvalue weighted by Crippen LogP contribution is 2.18. The van der Waals surface area contributed by atoms with E-state index in [0.717, 1.165) is 17.2 Å². The molecule has 1 amide bonds. The Morgan fingerprint density at radius 1 is 1.26 bits per heavy atom.